The zero-order valence-electron chi connectivity index (χ0n) is 20.2. The monoisotopic (exact) mass is 479 g/mol. The molecule has 0 N–H and O–H groups in total. The summed E-state index contributed by atoms with van der Waals surface area (Å²) in [6.45, 7) is 0. The lowest BCUT2D eigenvalue weighted by molar-refractivity contribution is 0.101. The van der Waals surface area contributed by atoms with Gasteiger partial charge in [0.05, 0.1) is 26.9 Å². The molecule has 6 heteroatoms. The Morgan fingerprint density at radius 3 is 1.61 bits per heavy atom. The molecule has 4 aromatic carbocycles. The molecule has 0 amide bonds. The molecule has 0 fully saturated rings. The fourth-order valence-electron chi connectivity index (χ4n) is 4.08. The van der Waals surface area contributed by atoms with Crippen LogP contribution in [0.25, 0.3) is 6.08 Å². The number of carbonyl (C=O) groups excluding carboxylic acids is 1. The van der Waals surface area contributed by atoms with Crippen molar-refractivity contribution in [3.63, 3.8) is 0 Å². The molecule has 0 spiro atoms. The fraction of sp³-hybridized carbons (Fsp3) is 0.100. The van der Waals surface area contributed by atoms with E-state index in [0.29, 0.717) is 17.1 Å². The molecule has 0 radical (unpaired) electrons. The molecule has 1 heterocycles. The van der Waals surface area contributed by atoms with Gasteiger partial charge in [0.2, 0.25) is 5.78 Å². The highest BCUT2D eigenvalue weighted by Gasteiger charge is 2.27. The van der Waals surface area contributed by atoms with E-state index in [4.69, 9.17) is 18.9 Å². The molecular weight excluding hydrogens is 454 g/mol. The van der Waals surface area contributed by atoms with Gasteiger partial charge in [0.1, 0.15) is 23.0 Å². The Morgan fingerprint density at radius 2 is 1.11 bits per heavy atom. The fourth-order valence-corrected chi connectivity index (χ4v) is 4.08. The number of Topliss-reactive ketones (excluding diaryl/α,β-unsaturated/α-hetero) is 1. The van der Waals surface area contributed by atoms with E-state index in [1.807, 2.05) is 72.8 Å². The van der Waals surface area contributed by atoms with E-state index >= 15 is 0 Å². The number of ether oxygens (including phenoxy) is 4. The number of allylic oxidation sites excluding steroid dienone is 1. The van der Waals surface area contributed by atoms with Crippen molar-refractivity contribution >= 4 is 28.9 Å². The van der Waals surface area contributed by atoms with E-state index in [1.165, 1.54) is 0 Å². The lowest BCUT2D eigenvalue weighted by atomic mass is 10.1. The zero-order valence-corrected chi connectivity index (χ0v) is 20.2. The smallest absolute Gasteiger partial charge is 0.231 e. The second-order valence-electron chi connectivity index (χ2n) is 8.12. The maximum Gasteiger partial charge on any atom is 0.231 e. The van der Waals surface area contributed by atoms with Gasteiger partial charge < -0.3 is 23.8 Å². The summed E-state index contributed by atoms with van der Waals surface area (Å²) in [7, 11) is 4.88. The van der Waals surface area contributed by atoms with E-state index in [-0.39, 0.29) is 11.5 Å². The maximum absolute atomic E-state index is 12.8. The molecular formula is C30H25NO5. The number of ketones is 1. The molecule has 5 rings (SSSR count). The summed E-state index contributed by atoms with van der Waals surface area (Å²) in [6, 6.07) is 28.9. The Balaban J connectivity index is 1.46. The molecule has 36 heavy (non-hydrogen) atoms. The Bertz CT molecular complexity index is 1360. The molecule has 0 unspecified atom stereocenters. The minimum absolute atomic E-state index is 0.144. The second-order valence-corrected chi connectivity index (χ2v) is 8.12. The SMILES string of the molecule is COc1ccc(N(c2ccc(/C=C3/Oc4cc(OC)ccc4C3=O)cc2)c2ccc(OC)cc2)cc1. The van der Waals surface area contributed by atoms with Gasteiger partial charge in [-0.2, -0.15) is 0 Å². The largest absolute Gasteiger partial charge is 0.497 e. The standard InChI is InChI=1S/C30H25NO5/c1-33-24-12-8-22(9-13-24)31(23-10-14-25(34-2)15-11-23)21-6-4-20(5-7-21)18-29-30(32)27-17-16-26(35-3)19-28(27)36-29/h4-19H,1-3H3/b29-18+. The lowest BCUT2D eigenvalue weighted by Crippen LogP contribution is -2.09. The number of carbonyl (C=O) groups is 1. The highest BCUT2D eigenvalue weighted by atomic mass is 16.5. The van der Waals surface area contributed by atoms with E-state index in [1.54, 1.807) is 45.6 Å². The van der Waals surface area contributed by atoms with Crippen LogP contribution in [0, 0.1) is 0 Å². The Morgan fingerprint density at radius 1 is 0.639 bits per heavy atom. The van der Waals surface area contributed by atoms with E-state index in [2.05, 4.69) is 4.90 Å². The minimum atomic E-state index is -0.144. The predicted molar refractivity (Wildman–Crippen MR) is 140 cm³/mol. The van der Waals surface area contributed by atoms with Gasteiger partial charge in [0.25, 0.3) is 0 Å². The summed E-state index contributed by atoms with van der Waals surface area (Å²) in [5.74, 6) is 2.87. The summed E-state index contributed by atoms with van der Waals surface area (Å²) in [5.41, 5.74) is 4.30. The topological polar surface area (TPSA) is 57.2 Å². The summed E-state index contributed by atoms with van der Waals surface area (Å²) >= 11 is 0. The van der Waals surface area contributed by atoms with Crippen molar-refractivity contribution in [1.29, 1.82) is 0 Å². The molecule has 1 aliphatic rings. The first-order valence-electron chi connectivity index (χ1n) is 11.4. The van der Waals surface area contributed by atoms with Crippen LogP contribution in [0.5, 0.6) is 23.0 Å². The van der Waals surface area contributed by atoms with E-state index in [0.717, 1.165) is 34.1 Å². The molecule has 0 aliphatic carbocycles. The number of fused-ring (bicyclic) bond motifs is 1. The van der Waals surface area contributed by atoms with Gasteiger partial charge in [-0.15, -0.1) is 0 Å². The van der Waals surface area contributed by atoms with Crippen LogP contribution in [0.15, 0.2) is 96.8 Å². The lowest BCUT2D eigenvalue weighted by Gasteiger charge is -2.26. The number of hydrogen-bond acceptors (Lipinski definition) is 6. The third-order valence-electron chi connectivity index (χ3n) is 5.99. The molecule has 6 nitrogen and oxygen atoms in total. The summed E-state index contributed by atoms with van der Waals surface area (Å²) in [4.78, 5) is 14.9. The van der Waals surface area contributed by atoms with Crippen LogP contribution in [0.2, 0.25) is 0 Å². The summed E-state index contributed by atoms with van der Waals surface area (Å²) in [6.07, 6.45) is 1.75. The first-order valence-corrected chi connectivity index (χ1v) is 11.4. The number of nitrogens with zero attached hydrogens (tertiary/aromatic N) is 1. The molecule has 4 aromatic rings. The number of benzene rings is 4. The van der Waals surface area contributed by atoms with Crippen LogP contribution in [0.1, 0.15) is 15.9 Å². The van der Waals surface area contributed by atoms with Crippen LogP contribution in [-0.2, 0) is 0 Å². The molecule has 0 aromatic heterocycles. The van der Waals surface area contributed by atoms with Gasteiger partial charge in [0.15, 0.2) is 5.76 Å². The van der Waals surface area contributed by atoms with Crippen molar-refractivity contribution in [3.05, 3.63) is 108 Å². The first-order chi connectivity index (χ1) is 17.6. The third kappa shape index (κ3) is 4.49. The van der Waals surface area contributed by atoms with Gasteiger partial charge in [-0.1, -0.05) is 12.1 Å². The van der Waals surface area contributed by atoms with Crippen molar-refractivity contribution in [2.45, 2.75) is 0 Å². The first kappa shape index (κ1) is 23.1. The maximum atomic E-state index is 12.8. The van der Waals surface area contributed by atoms with Crippen molar-refractivity contribution in [3.8, 4) is 23.0 Å². The quantitative estimate of drug-likeness (QED) is 0.272. The number of methoxy groups -OCH3 is 3. The average molecular weight is 480 g/mol. The highest BCUT2D eigenvalue weighted by molar-refractivity contribution is 6.14. The molecule has 0 saturated carbocycles. The third-order valence-corrected chi connectivity index (χ3v) is 5.99. The summed E-state index contributed by atoms with van der Waals surface area (Å²) in [5, 5.41) is 0. The summed E-state index contributed by atoms with van der Waals surface area (Å²) < 4.78 is 21.7. The Hall–Kier alpha value is -4.71. The van der Waals surface area contributed by atoms with Crippen molar-refractivity contribution in [2.24, 2.45) is 0 Å². The van der Waals surface area contributed by atoms with E-state index in [9.17, 15) is 4.79 Å². The predicted octanol–water partition coefficient (Wildman–Crippen LogP) is 6.80. The van der Waals surface area contributed by atoms with Crippen LogP contribution in [-0.4, -0.2) is 27.1 Å². The van der Waals surface area contributed by atoms with Crippen LogP contribution in [0.4, 0.5) is 17.1 Å². The van der Waals surface area contributed by atoms with Crippen LogP contribution < -0.4 is 23.8 Å². The average Bonchev–Trinajstić information content (AvgIpc) is 3.24. The molecule has 0 atom stereocenters. The Kier molecular flexibility index (Phi) is 6.33. The van der Waals surface area contributed by atoms with Crippen LogP contribution in [0.3, 0.4) is 0 Å². The van der Waals surface area contributed by atoms with Gasteiger partial charge in [0, 0.05) is 23.1 Å². The normalized spacial score (nSPS) is 13.2. The minimum Gasteiger partial charge on any atom is -0.497 e. The molecule has 1 aliphatic heterocycles. The van der Waals surface area contributed by atoms with Gasteiger partial charge in [-0.25, -0.2) is 0 Å². The van der Waals surface area contributed by atoms with Crippen LogP contribution >= 0.6 is 0 Å². The second kappa shape index (κ2) is 9.88. The van der Waals surface area contributed by atoms with Gasteiger partial charge in [-0.3, -0.25) is 4.79 Å². The van der Waals surface area contributed by atoms with Crippen molar-refractivity contribution in [2.75, 3.05) is 26.2 Å². The Labute approximate surface area is 209 Å². The van der Waals surface area contributed by atoms with Gasteiger partial charge >= 0.3 is 0 Å². The number of anilines is 3. The highest BCUT2D eigenvalue weighted by Crippen LogP contribution is 2.37. The molecule has 180 valence electrons. The van der Waals surface area contributed by atoms with Gasteiger partial charge in [-0.05, 0) is 84.4 Å². The molecule has 0 saturated heterocycles. The zero-order chi connectivity index (χ0) is 25.1. The van der Waals surface area contributed by atoms with E-state index < -0.39 is 0 Å². The molecule has 0 bridgehead atoms. The van der Waals surface area contributed by atoms with Crippen molar-refractivity contribution in [1.82, 2.24) is 0 Å². The van der Waals surface area contributed by atoms with Crippen molar-refractivity contribution < 1.29 is 23.7 Å². The number of rotatable bonds is 7. The number of hydrogen-bond donors (Lipinski definition) is 0.